The molecule has 350 valence electrons. The summed E-state index contributed by atoms with van der Waals surface area (Å²) in [6.45, 7) is 0.151. The summed E-state index contributed by atoms with van der Waals surface area (Å²) in [4.78, 5) is 13.2. The molecule has 0 amide bonds. The number of aldehydes is 1. The van der Waals surface area contributed by atoms with Gasteiger partial charge in [-0.2, -0.15) is 0 Å². The molecule has 9 atom stereocenters. The van der Waals surface area contributed by atoms with Crippen molar-refractivity contribution < 1.29 is 57.3 Å². The predicted octanol–water partition coefficient (Wildman–Crippen LogP) is 8.13. The van der Waals surface area contributed by atoms with Gasteiger partial charge in [-0.05, 0) is 33.4 Å². The second-order valence-electron chi connectivity index (χ2n) is 16.4. The van der Waals surface area contributed by atoms with Crippen molar-refractivity contribution in [2.45, 2.75) is 94.4 Å². The van der Waals surface area contributed by atoms with Gasteiger partial charge in [0.25, 0.3) is 0 Å². The van der Waals surface area contributed by atoms with E-state index in [1.165, 1.54) is 0 Å². The average Bonchev–Trinajstić information content (AvgIpc) is 3.68. The first kappa shape index (κ1) is 48.0. The molecule has 2 saturated heterocycles. The van der Waals surface area contributed by atoms with Gasteiger partial charge >= 0.3 is 0 Å². The lowest BCUT2D eigenvalue weighted by atomic mass is 9.97. The maximum absolute atomic E-state index is 13.2. The number of hydrogen-bond donors (Lipinski definition) is 1. The number of aliphatic hydroxyl groups is 1. The second-order valence-corrected chi connectivity index (χ2v) is 16.4. The van der Waals surface area contributed by atoms with Crippen molar-refractivity contribution in [3.8, 4) is 0 Å². The minimum Gasteiger partial charge on any atom is -0.394 e. The third-order valence-electron chi connectivity index (χ3n) is 11.6. The largest absolute Gasteiger partial charge is 0.394 e. The Morgan fingerprint density at radius 1 is 0.463 bits per heavy atom. The summed E-state index contributed by atoms with van der Waals surface area (Å²) in [6.07, 6.45) is -7.61. The Labute approximate surface area is 392 Å². The van der Waals surface area contributed by atoms with E-state index in [1.807, 2.05) is 182 Å². The predicted molar refractivity (Wildman–Crippen MR) is 248 cm³/mol. The van der Waals surface area contributed by atoms with E-state index in [2.05, 4.69) is 0 Å². The Balaban J connectivity index is 1.16. The number of benzene rings is 6. The molecule has 2 aliphatic heterocycles. The average molecular weight is 911 g/mol. The van der Waals surface area contributed by atoms with Crippen LogP contribution in [0, 0.1) is 0 Å². The first-order chi connectivity index (χ1) is 33.1. The minimum absolute atomic E-state index is 0.109. The van der Waals surface area contributed by atoms with Crippen LogP contribution in [0.25, 0.3) is 0 Å². The van der Waals surface area contributed by atoms with Crippen LogP contribution in [-0.2, 0) is 91.8 Å². The molecule has 1 N–H and O–H groups in total. The van der Waals surface area contributed by atoms with Crippen LogP contribution in [0.5, 0.6) is 0 Å². The summed E-state index contributed by atoms with van der Waals surface area (Å²) in [5.41, 5.74) is 5.44. The summed E-state index contributed by atoms with van der Waals surface area (Å²) in [5, 5.41) is 11.1. The fourth-order valence-electron chi connectivity index (χ4n) is 8.23. The fourth-order valence-corrected chi connectivity index (χ4v) is 8.23. The standard InChI is InChI=1S/C55H58O12/c56-31-47-49(60-34-42-21-9-2-10-22-42)51(62-36-44-25-13-4-14-26-44)52(63-37-45-27-15-5-16-28-45)54(65-47)67-55(39-59-40-58-33-41-19-7-1-8-20-41)53(64-38-46-29-17-6-18-30-46)50(48(32-57)66-55)61-35-43-23-11-3-12-24-43/h1-30,32,47-54,56H,31,33-40H2/t47-,48-,49-,50-,51+,52-,53+,54-,55+/m1/s1. The van der Waals surface area contributed by atoms with Gasteiger partial charge in [0.2, 0.25) is 5.79 Å². The molecule has 12 heteroatoms. The minimum atomic E-state index is -1.89. The molecule has 6 aromatic carbocycles. The lowest BCUT2D eigenvalue weighted by Crippen LogP contribution is -2.64. The fraction of sp³-hybridized carbons (Fsp3) is 0.327. The van der Waals surface area contributed by atoms with Crippen molar-refractivity contribution in [2.75, 3.05) is 20.0 Å². The molecule has 0 radical (unpaired) electrons. The number of carbonyl (C=O) groups excluding carboxylic acids is 1. The third kappa shape index (κ3) is 13.4. The lowest BCUT2D eigenvalue weighted by molar-refractivity contribution is -0.397. The lowest BCUT2D eigenvalue weighted by Gasteiger charge is -2.48. The van der Waals surface area contributed by atoms with Crippen LogP contribution in [0.15, 0.2) is 182 Å². The number of rotatable bonds is 25. The van der Waals surface area contributed by atoms with Crippen molar-refractivity contribution in [1.29, 1.82) is 0 Å². The van der Waals surface area contributed by atoms with E-state index < -0.39 is 61.4 Å². The van der Waals surface area contributed by atoms with Crippen molar-refractivity contribution in [3.05, 3.63) is 215 Å². The maximum atomic E-state index is 13.2. The molecule has 0 unspecified atom stereocenters. The highest BCUT2D eigenvalue weighted by Crippen LogP contribution is 2.41. The highest BCUT2D eigenvalue weighted by atomic mass is 16.8. The maximum Gasteiger partial charge on any atom is 0.225 e. The van der Waals surface area contributed by atoms with Crippen LogP contribution in [0.2, 0.25) is 0 Å². The summed E-state index contributed by atoms with van der Waals surface area (Å²) in [5.74, 6) is -1.89. The summed E-state index contributed by atoms with van der Waals surface area (Å²) < 4.78 is 66.8. The zero-order chi connectivity index (χ0) is 45.9. The second kappa shape index (κ2) is 25.1. The van der Waals surface area contributed by atoms with E-state index >= 15 is 0 Å². The van der Waals surface area contributed by atoms with Gasteiger partial charge in [0.05, 0.1) is 46.2 Å². The zero-order valence-electron chi connectivity index (χ0n) is 37.3. The van der Waals surface area contributed by atoms with E-state index in [0.29, 0.717) is 6.29 Å². The van der Waals surface area contributed by atoms with Gasteiger partial charge in [-0.25, -0.2) is 0 Å². The molecular weight excluding hydrogens is 853 g/mol. The highest BCUT2D eigenvalue weighted by Gasteiger charge is 2.62. The molecule has 67 heavy (non-hydrogen) atoms. The number of hydrogen-bond acceptors (Lipinski definition) is 12. The topological polar surface area (TPSA) is 130 Å². The Bertz CT molecular complexity index is 2290. The van der Waals surface area contributed by atoms with Crippen molar-refractivity contribution >= 4 is 6.29 Å². The van der Waals surface area contributed by atoms with Crippen molar-refractivity contribution in [2.24, 2.45) is 0 Å². The van der Waals surface area contributed by atoms with E-state index in [9.17, 15) is 9.90 Å². The molecular formula is C55H58O12. The van der Waals surface area contributed by atoms with Gasteiger partial charge in [0.15, 0.2) is 12.6 Å². The van der Waals surface area contributed by atoms with Gasteiger partial charge in [-0.1, -0.05) is 182 Å². The van der Waals surface area contributed by atoms with E-state index in [1.54, 1.807) is 0 Å². The molecule has 0 saturated carbocycles. The summed E-state index contributed by atoms with van der Waals surface area (Å²) in [7, 11) is 0. The highest BCUT2D eigenvalue weighted by molar-refractivity contribution is 5.58. The van der Waals surface area contributed by atoms with Crippen LogP contribution >= 0.6 is 0 Å². The smallest absolute Gasteiger partial charge is 0.225 e. The molecule has 12 nitrogen and oxygen atoms in total. The zero-order valence-corrected chi connectivity index (χ0v) is 37.3. The molecule has 2 heterocycles. The summed E-state index contributed by atoms with van der Waals surface area (Å²) >= 11 is 0. The normalized spacial score (nSPS) is 24.9. The van der Waals surface area contributed by atoms with E-state index in [0.717, 1.165) is 33.4 Å². The molecule has 0 spiro atoms. The Morgan fingerprint density at radius 2 is 0.851 bits per heavy atom. The van der Waals surface area contributed by atoms with Crippen molar-refractivity contribution in [3.63, 3.8) is 0 Å². The van der Waals surface area contributed by atoms with Gasteiger partial charge in [0, 0.05) is 0 Å². The molecule has 0 aromatic heterocycles. The van der Waals surface area contributed by atoms with Crippen molar-refractivity contribution in [1.82, 2.24) is 0 Å². The molecule has 2 fully saturated rings. The van der Waals surface area contributed by atoms with Gasteiger partial charge in [0.1, 0.15) is 56.1 Å². The first-order valence-corrected chi connectivity index (χ1v) is 22.6. The Kier molecular flexibility index (Phi) is 18.0. The van der Waals surface area contributed by atoms with E-state index in [-0.39, 0.29) is 53.0 Å². The Hall–Kier alpha value is -5.45. The first-order valence-electron chi connectivity index (χ1n) is 22.6. The quantitative estimate of drug-likeness (QED) is 0.0338. The van der Waals surface area contributed by atoms with Gasteiger partial charge in [-0.15, -0.1) is 0 Å². The molecule has 2 aliphatic rings. The number of carbonyl (C=O) groups is 1. The number of aliphatic hydroxyl groups excluding tert-OH is 1. The third-order valence-corrected chi connectivity index (χ3v) is 11.6. The van der Waals surface area contributed by atoms with Gasteiger partial charge in [-0.3, -0.25) is 0 Å². The Morgan fingerprint density at radius 3 is 1.28 bits per heavy atom. The van der Waals surface area contributed by atoms with Crippen LogP contribution in [-0.4, -0.2) is 86.2 Å². The molecule has 8 rings (SSSR count). The molecule has 0 bridgehead atoms. The SMILES string of the molecule is O=C[C@H]1O[C@@](COCOCc2ccccc2)(O[C@H]2O[C@H](CO)[C@@H](OCc3ccccc3)[C@H](OCc3ccccc3)[C@H]2OCc2ccccc2)[C@@H](OCc2ccccc2)[C@@H]1OCc1ccccc1. The molecule has 0 aliphatic carbocycles. The monoisotopic (exact) mass is 910 g/mol. The van der Waals surface area contributed by atoms with Crippen LogP contribution < -0.4 is 0 Å². The molecule has 6 aromatic rings. The van der Waals surface area contributed by atoms with Crippen LogP contribution in [0.3, 0.4) is 0 Å². The summed E-state index contributed by atoms with van der Waals surface area (Å²) in [6, 6.07) is 58.3. The number of ether oxygens (including phenoxy) is 10. The van der Waals surface area contributed by atoms with E-state index in [4.69, 9.17) is 47.4 Å². The van der Waals surface area contributed by atoms with Gasteiger partial charge < -0.3 is 57.3 Å². The van der Waals surface area contributed by atoms with Crippen LogP contribution in [0.4, 0.5) is 0 Å². The van der Waals surface area contributed by atoms with Crippen LogP contribution in [0.1, 0.15) is 33.4 Å².